The van der Waals surface area contributed by atoms with Gasteiger partial charge in [0.1, 0.15) is 5.44 Å². The van der Waals surface area contributed by atoms with E-state index in [1.807, 2.05) is 0 Å². The second-order valence-electron chi connectivity index (χ2n) is 3.04. The van der Waals surface area contributed by atoms with Crippen molar-refractivity contribution in [2.45, 2.75) is 24.7 Å². The van der Waals surface area contributed by atoms with E-state index in [9.17, 15) is 4.21 Å². The van der Waals surface area contributed by atoms with Gasteiger partial charge in [0.15, 0.2) is 11.1 Å². The molecule has 2 unspecified atom stereocenters. The molecule has 0 aromatic carbocycles. The van der Waals surface area contributed by atoms with Crippen molar-refractivity contribution in [1.82, 2.24) is 0 Å². The molecule has 2 nitrogen and oxygen atoms in total. The standard InChI is InChI=1S/C10H13IO2S2/c1-2-15(12)13-10(14-11)8-9-6-4-3-5-7-9/h2-4,6,10H,1,5,7-8H2. The summed E-state index contributed by atoms with van der Waals surface area (Å²) in [6, 6.07) is 0. The highest BCUT2D eigenvalue weighted by Crippen LogP contribution is 2.29. The van der Waals surface area contributed by atoms with Crippen LogP contribution in [-0.2, 0) is 15.3 Å². The summed E-state index contributed by atoms with van der Waals surface area (Å²) in [7, 11) is 1.55. The van der Waals surface area contributed by atoms with Gasteiger partial charge < -0.3 is 0 Å². The zero-order valence-electron chi connectivity index (χ0n) is 8.23. The molecule has 0 heterocycles. The van der Waals surface area contributed by atoms with Crippen LogP contribution in [0.5, 0.6) is 0 Å². The molecule has 0 amide bonds. The maximum Gasteiger partial charge on any atom is 0.182 e. The van der Waals surface area contributed by atoms with Gasteiger partial charge in [-0.15, -0.1) is 0 Å². The van der Waals surface area contributed by atoms with Crippen molar-refractivity contribution in [3.8, 4) is 0 Å². The minimum absolute atomic E-state index is 0.0535. The molecular formula is C10H13IO2S2. The van der Waals surface area contributed by atoms with Crippen molar-refractivity contribution in [2.24, 2.45) is 0 Å². The fourth-order valence-corrected chi connectivity index (χ4v) is 3.55. The highest BCUT2D eigenvalue weighted by atomic mass is 127. The largest absolute Gasteiger partial charge is 0.272 e. The molecule has 1 aliphatic rings. The number of halogens is 1. The Morgan fingerprint density at radius 1 is 1.80 bits per heavy atom. The summed E-state index contributed by atoms with van der Waals surface area (Å²) in [5.74, 6) is 0. The molecule has 1 rings (SSSR count). The lowest BCUT2D eigenvalue weighted by atomic mass is 10.0. The Morgan fingerprint density at radius 3 is 3.13 bits per heavy atom. The molecule has 2 atom stereocenters. The van der Waals surface area contributed by atoms with E-state index in [-0.39, 0.29) is 5.44 Å². The zero-order chi connectivity index (χ0) is 11.1. The molecule has 0 bridgehead atoms. The van der Waals surface area contributed by atoms with E-state index in [1.54, 1.807) is 8.93 Å². The minimum atomic E-state index is -1.37. The maximum absolute atomic E-state index is 11.1. The van der Waals surface area contributed by atoms with Crippen LogP contribution in [-0.4, -0.2) is 9.64 Å². The summed E-state index contributed by atoms with van der Waals surface area (Å²) in [5, 5.41) is 1.31. The lowest BCUT2D eigenvalue weighted by Crippen LogP contribution is -2.09. The summed E-state index contributed by atoms with van der Waals surface area (Å²) in [6.45, 7) is 3.43. The third-order valence-corrected chi connectivity index (χ3v) is 4.95. The van der Waals surface area contributed by atoms with Crippen LogP contribution in [0.1, 0.15) is 19.3 Å². The summed E-state index contributed by atoms with van der Waals surface area (Å²) >= 11 is 0.805. The van der Waals surface area contributed by atoms with E-state index in [2.05, 4.69) is 46.0 Å². The molecule has 0 saturated heterocycles. The highest BCUT2D eigenvalue weighted by molar-refractivity contribution is 14.2. The quantitative estimate of drug-likeness (QED) is 0.534. The van der Waals surface area contributed by atoms with Crippen LogP contribution in [0.25, 0.3) is 0 Å². The Balaban J connectivity index is 2.45. The van der Waals surface area contributed by atoms with E-state index in [4.69, 9.17) is 4.18 Å². The molecule has 0 aromatic rings. The molecule has 5 heteroatoms. The van der Waals surface area contributed by atoms with Crippen molar-refractivity contribution in [1.29, 1.82) is 0 Å². The monoisotopic (exact) mass is 356 g/mol. The van der Waals surface area contributed by atoms with Gasteiger partial charge in [-0.25, -0.2) is 4.21 Å². The predicted octanol–water partition coefficient (Wildman–Crippen LogP) is 3.89. The first-order chi connectivity index (χ1) is 7.26. The smallest absolute Gasteiger partial charge is 0.182 e. The van der Waals surface area contributed by atoms with Gasteiger partial charge in [-0.05, 0) is 34.0 Å². The Bertz CT molecular complexity index is 300. The van der Waals surface area contributed by atoms with Crippen LogP contribution >= 0.6 is 30.1 Å². The second-order valence-corrected chi connectivity index (χ2v) is 6.31. The zero-order valence-corrected chi connectivity index (χ0v) is 12.0. The van der Waals surface area contributed by atoms with Gasteiger partial charge in [0.25, 0.3) is 0 Å². The lowest BCUT2D eigenvalue weighted by molar-refractivity contribution is 0.321. The number of hydrogen-bond donors (Lipinski definition) is 0. The SMILES string of the molecule is C=CS(=O)OC(CC1=CC=CCC1)SI. The summed E-state index contributed by atoms with van der Waals surface area (Å²) in [6.07, 6.45) is 9.33. The van der Waals surface area contributed by atoms with Crippen molar-refractivity contribution in [3.05, 3.63) is 35.8 Å². The maximum atomic E-state index is 11.1. The molecule has 0 aliphatic heterocycles. The van der Waals surface area contributed by atoms with E-state index in [0.717, 1.165) is 19.3 Å². The third kappa shape index (κ3) is 5.33. The van der Waals surface area contributed by atoms with Crippen LogP contribution in [0.2, 0.25) is 0 Å². The topological polar surface area (TPSA) is 26.3 Å². The predicted molar refractivity (Wildman–Crippen MR) is 75.9 cm³/mol. The molecule has 0 fully saturated rings. The first-order valence-corrected chi connectivity index (χ1v) is 9.14. The number of allylic oxidation sites excluding steroid dienone is 3. The third-order valence-electron chi connectivity index (χ3n) is 1.97. The molecule has 15 heavy (non-hydrogen) atoms. The van der Waals surface area contributed by atoms with Crippen LogP contribution in [0.4, 0.5) is 0 Å². The van der Waals surface area contributed by atoms with Gasteiger partial charge >= 0.3 is 0 Å². The fraction of sp³-hybridized carbons (Fsp3) is 0.400. The Hall–Kier alpha value is 0.410. The first-order valence-electron chi connectivity index (χ1n) is 4.58. The van der Waals surface area contributed by atoms with E-state index < -0.39 is 11.1 Å². The van der Waals surface area contributed by atoms with Gasteiger partial charge in [-0.1, -0.05) is 39.3 Å². The lowest BCUT2D eigenvalue weighted by Gasteiger charge is -2.15. The van der Waals surface area contributed by atoms with E-state index in [0.29, 0.717) is 0 Å². The molecule has 0 N–H and O–H groups in total. The average Bonchev–Trinajstić information content (AvgIpc) is 2.29. The molecule has 0 spiro atoms. The summed E-state index contributed by atoms with van der Waals surface area (Å²) in [5.41, 5.74) is 1.30. The minimum Gasteiger partial charge on any atom is -0.272 e. The normalized spacial score (nSPS) is 19.4. The Labute approximate surface area is 109 Å². The fourth-order valence-electron chi connectivity index (χ4n) is 1.26. The van der Waals surface area contributed by atoms with Crippen molar-refractivity contribution < 1.29 is 8.39 Å². The van der Waals surface area contributed by atoms with Crippen LogP contribution in [0, 0.1) is 0 Å². The highest BCUT2D eigenvalue weighted by Gasteiger charge is 2.14. The molecule has 0 saturated carbocycles. The molecule has 84 valence electrons. The van der Waals surface area contributed by atoms with Crippen molar-refractivity contribution in [2.75, 3.05) is 0 Å². The van der Waals surface area contributed by atoms with Gasteiger partial charge in [0, 0.05) is 11.8 Å². The molecule has 0 radical (unpaired) electrons. The van der Waals surface area contributed by atoms with E-state index in [1.165, 1.54) is 11.0 Å². The van der Waals surface area contributed by atoms with Crippen LogP contribution < -0.4 is 0 Å². The summed E-state index contributed by atoms with van der Waals surface area (Å²) in [4.78, 5) is 0. The Kier molecular flexibility index (Phi) is 6.87. The van der Waals surface area contributed by atoms with Crippen LogP contribution in [0.15, 0.2) is 35.8 Å². The molecular weight excluding hydrogens is 343 g/mol. The van der Waals surface area contributed by atoms with Crippen molar-refractivity contribution in [3.63, 3.8) is 0 Å². The molecule has 1 aliphatic carbocycles. The first kappa shape index (κ1) is 13.5. The summed E-state index contributed by atoms with van der Waals surface area (Å²) < 4.78 is 16.4. The second kappa shape index (κ2) is 7.65. The van der Waals surface area contributed by atoms with Gasteiger partial charge in [-0.2, -0.15) is 0 Å². The van der Waals surface area contributed by atoms with Crippen LogP contribution in [0.3, 0.4) is 0 Å². The van der Waals surface area contributed by atoms with Gasteiger partial charge in [-0.3, -0.25) is 4.18 Å². The van der Waals surface area contributed by atoms with Gasteiger partial charge in [0.2, 0.25) is 0 Å². The van der Waals surface area contributed by atoms with Crippen molar-refractivity contribution >= 4 is 41.2 Å². The molecule has 0 aromatic heterocycles. The van der Waals surface area contributed by atoms with E-state index >= 15 is 0 Å². The van der Waals surface area contributed by atoms with Gasteiger partial charge in [0.05, 0.1) is 0 Å². The number of hydrogen-bond acceptors (Lipinski definition) is 3. The average molecular weight is 356 g/mol. The Morgan fingerprint density at radius 2 is 2.60 bits per heavy atom. The number of rotatable bonds is 6.